The topological polar surface area (TPSA) is 89.3 Å². The van der Waals surface area contributed by atoms with Crippen LogP contribution >= 0.6 is 0 Å². The standard InChI is InChI=1S/C23H19FN2O4S/c1-15-18(19-12-16(24)9-10-21(19)26(15)14-23(27)28)13-20-22(8-5-11-25-20)31(29,30)17-6-3-2-4-7-17/h2-12H,13-14H2,1H3,(H,27,28). The summed E-state index contributed by atoms with van der Waals surface area (Å²) in [7, 11) is -3.81. The second kappa shape index (κ2) is 7.96. The van der Waals surface area contributed by atoms with Gasteiger partial charge in [0.1, 0.15) is 12.4 Å². The van der Waals surface area contributed by atoms with Crippen molar-refractivity contribution in [1.29, 1.82) is 0 Å². The van der Waals surface area contributed by atoms with Crippen LogP contribution in [0.2, 0.25) is 0 Å². The predicted molar refractivity (Wildman–Crippen MR) is 113 cm³/mol. The Balaban J connectivity index is 1.88. The monoisotopic (exact) mass is 438 g/mol. The minimum atomic E-state index is -3.81. The van der Waals surface area contributed by atoms with E-state index in [1.54, 1.807) is 35.8 Å². The molecule has 0 aliphatic carbocycles. The Morgan fingerprint density at radius 2 is 1.84 bits per heavy atom. The van der Waals surface area contributed by atoms with Gasteiger partial charge in [-0.1, -0.05) is 18.2 Å². The van der Waals surface area contributed by atoms with Crippen molar-refractivity contribution < 1.29 is 22.7 Å². The summed E-state index contributed by atoms with van der Waals surface area (Å²) in [6, 6.07) is 15.3. The van der Waals surface area contributed by atoms with Gasteiger partial charge >= 0.3 is 5.97 Å². The molecule has 0 spiro atoms. The van der Waals surface area contributed by atoms with Gasteiger partial charge in [0.25, 0.3) is 0 Å². The van der Waals surface area contributed by atoms with Gasteiger partial charge in [0.2, 0.25) is 9.84 Å². The van der Waals surface area contributed by atoms with Gasteiger partial charge in [-0.05, 0) is 55.0 Å². The number of aromatic nitrogens is 2. The third-order valence-corrected chi connectivity index (χ3v) is 7.09. The Kier molecular flexibility index (Phi) is 5.32. The Hall–Kier alpha value is -3.52. The molecule has 0 aliphatic heterocycles. The second-order valence-corrected chi connectivity index (χ2v) is 9.06. The number of halogens is 1. The van der Waals surface area contributed by atoms with E-state index < -0.39 is 21.6 Å². The number of fused-ring (bicyclic) bond motifs is 1. The maximum absolute atomic E-state index is 14.0. The van der Waals surface area contributed by atoms with Gasteiger partial charge in [0.15, 0.2) is 0 Å². The van der Waals surface area contributed by atoms with E-state index in [1.165, 1.54) is 42.6 Å². The quantitative estimate of drug-likeness (QED) is 0.492. The molecule has 6 nitrogen and oxygen atoms in total. The normalized spacial score (nSPS) is 11.7. The average Bonchev–Trinajstić information content (AvgIpc) is 2.99. The maximum atomic E-state index is 14.0. The molecule has 0 saturated heterocycles. The van der Waals surface area contributed by atoms with Crippen molar-refractivity contribution in [3.05, 3.63) is 89.6 Å². The molecule has 0 aliphatic rings. The number of carbonyl (C=O) groups is 1. The van der Waals surface area contributed by atoms with Crippen LogP contribution in [-0.2, 0) is 27.6 Å². The van der Waals surface area contributed by atoms with Gasteiger partial charge in [-0.25, -0.2) is 12.8 Å². The summed E-state index contributed by atoms with van der Waals surface area (Å²) in [5.74, 6) is -1.49. The number of sulfone groups is 1. The van der Waals surface area contributed by atoms with Gasteiger partial charge in [-0.3, -0.25) is 9.78 Å². The number of carboxylic acid groups (broad SMARTS) is 1. The first-order valence-electron chi connectivity index (χ1n) is 9.52. The number of carboxylic acids is 1. The summed E-state index contributed by atoms with van der Waals surface area (Å²) in [6.45, 7) is 1.45. The number of rotatable bonds is 6. The van der Waals surface area contributed by atoms with Gasteiger partial charge in [-0.15, -0.1) is 0 Å². The van der Waals surface area contributed by atoms with Crippen LogP contribution in [0, 0.1) is 12.7 Å². The number of benzene rings is 2. The SMILES string of the molecule is Cc1c(Cc2ncccc2S(=O)(=O)c2ccccc2)c2cc(F)ccc2n1CC(=O)O. The van der Waals surface area contributed by atoms with Crippen molar-refractivity contribution in [3.63, 3.8) is 0 Å². The number of pyridine rings is 1. The van der Waals surface area contributed by atoms with Crippen LogP contribution in [0.1, 0.15) is 17.0 Å². The van der Waals surface area contributed by atoms with Crippen LogP contribution in [0.5, 0.6) is 0 Å². The lowest BCUT2D eigenvalue weighted by molar-refractivity contribution is -0.137. The molecule has 4 aromatic rings. The highest BCUT2D eigenvalue weighted by Gasteiger charge is 2.24. The molecule has 0 amide bonds. The summed E-state index contributed by atoms with van der Waals surface area (Å²) in [5, 5.41) is 9.83. The fraction of sp³-hybridized carbons (Fsp3) is 0.130. The van der Waals surface area contributed by atoms with Crippen LogP contribution < -0.4 is 0 Å². The van der Waals surface area contributed by atoms with Gasteiger partial charge in [0.05, 0.1) is 15.5 Å². The summed E-state index contributed by atoms with van der Waals surface area (Å²) in [4.78, 5) is 15.9. The summed E-state index contributed by atoms with van der Waals surface area (Å²) < 4.78 is 42.0. The number of aliphatic carboxylic acids is 1. The van der Waals surface area contributed by atoms with Crippen LogP contribution in [0.4, 0.5) is 4.39 Å². The van der Waals surface area contributed by atoms with Crippen molar-refractivity contribution in [2.24, 2.45) is 0 Å². The Morgan fingerprint density at radius 1 is 1.10 bits per heavy atom. The molecule has 0 radical (unpaired) electrons. The highest BCUT2D eigenvalue weighted by atomic mass is 32.2. The van der Waals surface area contributed by atoms with E-state index in [0.717, 1.165) is 0 Å². The fourth-order valence-electron chi connectivity index (χ4n) is 3.78. The third-order valence-electron chi connectivity index (χ3n) is 5.25. The van der Waals surface area contributed by atoms with Gasteiger partial charge in [0, 0.05) is 29.2 Å². The molecule has 2 heterocycles. The average molecular weight is 438 g/mol. The van der Waals surface area contributed by atoms with Crippen molar-refractivity contribution >= 4 is 26.7 Å². The molecular weight excluding hydrogens is 419 g/mol. The van der Waals surface area contributed by atoms with E-state index in [1.807, 2.05) is 0 Å². The molecule has 158 valence electrons. The summed E-state index contributed by atoms with van der Waals surface area (Å²) >= 11 is 0. The Bertz CT molecular complexity index is 1400. The molecule has 1 N–H and O–H groups in total. The molecule has 0 atom stereocenters. The first kappa shape index (κ1) is 20.7. The maximum Gasteiger partial charge on any atom is 0.323 e. The third kappa shape index (κ3) is 3.82. The summed E-state index contributed by atoms with van der Waals surface area (Å²) in [6.07, 6.45) is 1.62. The first-order chi connectivity index (χ1) is 14.8. The van der Waals surface area contributed by atoms with Crippen molar-refractivity contribution in [3.8, 4) is 0 Å². The molecule has 8 heteroatoms. The lowest BCUT2D eigenvalue weighted by atomic mass is 10.1. The molecule has 0 bridgehead atoms. The smallest absolute Gasteiger partial charge is 0.323 e. The Labute approximate surface area is 178 Å². The van der Waals surface area contributed by atoms with Crippen molar-refractivity contribution in [2.75, 3.05) is 0 Å². The molecule has 0 fully saturated rings. The first-order valence-corrected chi connectivity index (χ1v) is 11.0. The highest BCUT2D eigenvalue weighted by molar-refractivity contribution is 7.91. The molecule has 0 unspecified atom stereocenters. The minimum Gasteiger partial charge on any atom is -0.480 e. The van der Waals surface area contributed by atoms with E-state index in [4.69, 9.17) is 0 Å². The molecule has 2 aromatic carbocycles. The predicted octanol–water partition coefficient (Wildman–Crippen LogP) is 3.99. The number of hydrogen-bond acceptors (Lipinski definition) is 4. The van der Waals surface area contributed by atoms with E-state index in [9.17, 15) is 22.7 Å². The number of nitrogens with zero attached hydrogens (tertiary/aromatic N) is 2. The lowest BCUT2D eigenvalue weighted by Crippen LogP contribution is -2.11. The second-order valence-electron chi connectivity index (χ2n) is 7.15. The van der Waals surface area contributed by atoms with Crippen molar-refractivity contribution in [1.82, 2.24) is 9.55 Å². The van der Waals surface area contributed by atoms with Crippen LogP contribution in [0.25, 0.3) is 10.9 Å². The molecule has 2 aromatic heterocycles. The van der Waals surface area contributed by atoms with Crippen molar-refractivity contribution in [2.45, 2.75) is 29.7 Å². The zero-order valence-electron chi connectivity index (χ0n) is 16.6. The van der Waals surface area contributed by atoms with E-state index >= 15 is 0 Å². The number of hydrogen-bond donors (Lipinski definition) is 1. The largest absolute Gasteiger partial charge is 0.480 e. The zero-order chi connectivity index (χ0) is 22.2. The van der Waals surface area contributed by atoms with E-state index in [2.05, 4.69) is 4.98 Å². The molecular formula is C23H19FN2O4S. The summed E-state index contributed by atoms with van der Waals surface area (Å²) in [5.41, 5.74) is 2.14. The lowest BCUT2D eigenvalue weighted by Gasteiger charge is -2.11. The van der Waals surface area contributed by atoms with Gasteiger partial charge in [-0.2, -0.15) is 0 Å². The van der Waals surface area contributed by atoms with E-state index in [0.29, 0.717) is 27.9 Å². The molecule has 4 rings (SSSR count). The molecule has 31 heavy (non-hydrogen) atoms. The molecule has 0 saturated carbocycles. The van der Waals surface area contributed by atoms with Crippen LogP contribution in [0.3, 0.4) is 0 Å². The van der Waals surface area contributed by atoms with Crippen LogP contribution in [0.15, 0.2) is 76.7 Å². The van der Waals surface area contributed by atoms with Gasteiger partial charge < -0.3 is 9.67 Å². The van der Waals surface area contributed by atoms with E-state index in [-0.39, 0.29) is 22.8 Å². The highest BCUT2D eigenvalue weighted by Crippen LogP contribution is 2.31. The zero-order valence-corrected chi connectivity index (χ0v) is 17.4. The Morgan fingerprint density at radius 3 is 2.55 bits per heavy atom. The fourth-order valence-corrected chi connectivity index (χ4v) is 5.24. The minimum absolute atomic E-state index is 0.0659. The van der Waals surface area contributed by atoms with Crippen LogP contribution in [-0.4, -0.2) is 29.0 Å².